The Morgan fingerprint density at radius 3 is 2.44 bits per heavy atom. The normalized spacial score (nSPS) is 16.9. The molecule has 2 aromatic rings. The smallest absolute Gasteiger partial charge is 0.290 e. The van der Waals surface area contributed by atoms with Crippen LogP contribution in [0.2, 0.25) is 5.02 Å². The van der Waals surface area contributed by atoms with Gasteiger partial charge in [-0.25, -0.2) is 4.39 Å². The summed E-state index contributed by atoms with van der Waals surface area (Å²) in [6.45, 7) is 1.70. The summed E-state index contributed by atoms with van der Waals surface area (Å²) >= 11 is 5.99. The van der Waals surface area contributed by atoms with E-state index in [1.165, 1.54) is 41.3 Å². The third kappa shape index (κ3) is 3.53. The molecule has 0 spiro atoms. The van der Waals surface area contributed by atoms with Crippen LogP contribution in [0.1, 0.15) is 30.5 Å². The van der Waals surface area contributed by atoms with E-state index in [2.05, 4.69) is 0 Å². The first-order valence-electron chi connectivity index (χ1n) is 8.33. The maximum atomic E-state index is 13.2. The van der Waals surface area contributed by atoms with Crippen LogP contribution in [0.4, 0.5) is 4.39 Å². The lowest BCUT2D eigenvalue weighted by Gasteiger charge is -2.27. The SMILES string of the molecule is CCC(=O)C1=C(O)C(=O)N(Cc2ccc(F)cc2)C1c1ccc(O)c(Cl)c1. The van der Waals surface area contributed by atoms with E-state index in [0.29, 0.717) is 11.1 Å². The van der Waals surface area contributed by atoms with E-state index in [1.54, 1.807) is 13.0 Å². The first-order valence-corrected chi connectivity index (χ1v) is 8.71. The van der Waals surface area contributed by atoms with Crippen molar-refractivity contribution in [1.82, 2.24) is 4.90 Å². The number of phenolic OH excluding ortho intramolecular Hbond substituents is 1. The summed E-state index contributed by atoms with van der Waals surface area (Å²) in [6.07, 6.45) is 0.110. The molecule has 0 saturated carbocycles. The first-order chi connectivity index (χ1) is 12.8. The zero-order chi connectivity index (χ0) is 19.7. The third-order valence-corrected chi connectivity index (χ3v) is 4.78. The Morgan fingerprint density at radius 2 is 1.85 bits per heavy atom. The van der Waals surface area contributed by atoms with Gasteiger partial charge in [0.2, 0.25) is 0 Å². The second-order valence-electron chi connectivity index (χ2n) is 6.21. The minimum absolute atomic E-state index is 0.00799. The summed E-state index contributed by atoms with van der Waals surface area (Å²) in [5, 5.41) is 20.1. The first kappa shape index (κ1) is 18.9. The van der Waals surface area contributed by atoms with E-state index >= 15 is 0 Å². The number of carbonyl (C=O) groups excluding carboxylic acids is 2. The third-order valence-electron chi connectivity index (χ3n) is 4.48. The van der Waals surface area contributed by atoms with Crippen LogP contribution in [0.15, 0.2) is 53.8 Å². The standard InChI is InChI=1S/C20H17ClFNO4/c1-2-15(24)17-18(12-5-8-16(25)14(21)9-12)23(20(27)19(17)26)10-11-3-6-13(22)7-4-11/h3-9,18,25-26H,2,10H2,1H3. The van der Waals surface area contributed by atoms with Crippen LogP contribution in [-0.4, -0.2) is 26.8 Å². The van der Waals surface area contributed by atoms with Crippen molar-refractivity contribution < 1.29 is 24.2 Å². The topological polar surface area (TPSA) is 77.8 Å². The fourth-order valence-corrected chi connectivity index (χ4v) is 3.31. The molecule has 2 N–H and O–H groups in total. The van der Waals surface area contributed by atoms with E-state index in [0.717, 1.165) is 0 Å². The Bertz CT molecular complexity index is 939. The number of hydrogen-bond acceptors (Lipinski definition) is 4. The molecule has 0 aliphatic carbocycles. The number of benzene rings is 2. The number of Topliss-reactive ketones (excluding diaryl/α,β-unsaturated/α-hetero) is 1. The molecule has 140 valence electrons. The van der Waals surface area contributed by atoms with Crippen LogP contribution in [0.3, 0.4) is 0 Å². The Balaban J connectivity index is 2.07. The van der Waals surface area contributed by atoms with Gasteiger partial charge in [-0.05, 0) is 35.4 Å². The zero-order valence-electron chi connectivity index (χ0n) is 14.4. The van der Waals surface area contributed by atoms with Crippen molar-refractivity contribution in [2.24, 2.45) is 0 Å². The molecule has 1 heterocycles. The number of ketones is 1. The lowest BCUT2D eigenvalue weighted by Crippen LogP contribution is -2.30. The Kier molecular flexibility index (Phi) is 5.19. The molecule has 0 fully saturated rings. The molecule has 0 aromatic heterocycles. The van der Waals surface area contributed by atoms with Gasteiger partial charge in [0.05, 0.1) is 16.6 Å². The van der Waals surface area contributed by atoms with Gasteiger partial charge in [0.25, 0.3) is 5.91 Å². The highest BCUT2D eigenvalue weighted by Crippen LogP contribution is 2.41. The molecule has 3 rings (SSSR count). The highest BCUT2D eigenvalue weighted by molar-refractivity contribution is 6.32. The van der Waals surface area contributed by atoms with E-state index in [4.69, 9.17) is 11.6 Å². The number of nitrogens with zero attached hydrogens (tertiary/aromatic N) is 1. The van der Waals surface area contributed by atoms with Gasteiger partial charge in [0, 0.05) is 13.0 Å². The average Bonchev–Trinajstić information content (AvgIpc) is 2.90. The number of aromatic hydroxyl groups is 1. The summed E-state index contributed by atoms with van der Waals surface area (Å²) in [6, 6.07) is 9.10. The molecule has 1 unspecified atom stereocenters. The Morgan fingerprint density at radius 1 is 1.19 bits per heavy atom. The summed E-state index contributed by atoms with van der Waals surface area (Å²) in [5.74, 6) is -2.19. The highest BCUT2D eigenvalue weighted by Gasteiger charge is 2.43. The lowest BCUT2D eigenvalue weighted by molar-refractivity contribution is -0.130. The van der Waals surface area contributed by atoms with Crippen LogP contribution in [-0.2, 0) is 16.1 Å². The minimum Gasteiger partial charge on any atom is -0.506 e. The molecule has 1 atom stereocenters. The number of aliphatic hydroxyl groups excluding tert-OH is 1. The van der Waals surface area contributed by atoms with E-state index in [1.807, 2.05) is 0 Å². The van der Waals surface area contributed by atoms with Crippen LogP contribution < -0.4 is 0 Å². The lowest BCUT2D eigenvalue weighted by atomic mass is 9.95. The fraction of sp³-hybridized carbons (Fsp3) is 0.200. The summed E-state index contributed by atoms with van der Waals surface area (Å²) in [7, 11) is 0. The molecule has 0 saturated heterocycles. The number of aliphatic hydroxyl groups is 1. The molecule has 1 aliphatic heterocycles. The van der Waals surface area contributed by atoms with Gasteiger partial charge >= 0.3 is 0 Å². The Hall–Kier alpha value is -2.86. The van der Waals surface area contributed by atoms with E-state index in [-0.39, 0.29) is 35.1 Å². The second kappa shape index (κ2) is 7.40. The highest BCUT2D eigenvalue weighted by atomic mass is 35.5. The van der Waals surface area contributed by atoms with Crippen molar-refractivity contribution in [1.29, 1.82) is 0 Å². The molecule has 27 heavy (non-hydrogen) atoms. The van der Waals surface area contributed by atoms with Crippen LogP contribution in [0.25, 0.3) is 0 Å². The van der Waals surface area contributed by atoms with Gasteiger partial charge in [0.15, 0.2) is 11.5 Å². The van der Waals surface area contributed by atoms with Crippen molar-refractivity contribution in [2.75, 3.05) is 0 Å². The largest absolute Gasteiger partial charge is 0.506 e. The molecule has 0 radical (unpaired) electrons. The number of hydrogen-bond donors (Lipinski definition) is 2. The molecular weight excluding hydrogens is 373 g/mol. The van der Waals surface area contributed by atoms with Crippen LogP contribution in [0.5, 0.6) is 5.75 Å². The van der Waals surface area contributed by atoms with Crippen molar-refractivity contribution in [3.05, 3.63) is 75.8 Å². The maximum Gasteiger partial charge on any atom is 0.290 e. The molecule has 5 nitrogen and oxygen atoms in total. The number of amides is 1. The van der Waals surface area contributed by atoms with Crippen molar-refractivity contribution in [2.45, 2.75) is 25.9 Å². The summed E-state index contributed by atoms with van der Waals surface area (Å²) in [5.41, 5.74) is 1.11. The summed E-state index contributed by atoms with van der Waals surface area (Å²) < 4.78 is 13.2. The molecule has 0 bridgehead atoms. The molecule has 7 heteroatoms. The second-order valence-corrected chi connectivity index (χ2v) is 6.62. The van der Waals surface area contributed by atoms with Crippen LogP contribution in [0, 0.1) is 5.82 Å². The van der Waals surface area contributed by atoms with Crippen LogP contribution >= 0.6 is 11.6 Å². The number of phenols is 1. The van der Waals surface area contributed by atoms with E-state index in [9.17, 15) is 24.2 Å². The molecular formula is C20H17ClFNO4. The van der Waals surface area contributed by atoms with Gasteiger partial charge in [-0.1, -0.05) is 36.7 Å². The van der Waals surface area contributed by atoms with Gasteiger partial charge in [-0.3, -0.25) is 9.59 Å². The van der Waals surface area contributed by atoms with Crippen molar-refractivity contribution >= 4 is 23.3 Å². The van der Waals surface area contributed by atoms with E-state index < -0.39 is 23.5 Å². The number of carbonyl (C=O) groups is 2. The van der Waals surface area contributed by atoms with Crippen molar-refractivity contribution in [3.8, 4) is 5.75 Å². The predicted molar refractivity (Wildman–Crippen MR) is 97.8 cm³/mol. The van der Waals surface area contributed by atoms with Gasteiger partial charge in [0.1, 0.15) is 11.6 Å². The number of rotatable bonds is 5. The minimum atomic E-state index is -0.854. The molecule has 2 aromatic carbocycles. The average molecular weight is 390 g/mol. The summed E-state index contributed by atoms with van der Waals surface area (Å²) in [4.78, 5) is 26.4. The fourth-order valence-electron chi connectivity index (χ4n) is 3.12. The monoisotopic (exact) mass is 389 g/mol. The van der Waals surface area contributed by atoms with Crippen molar-refractivity contribution in [3.63, 3.8) is 0 Å². The van der Waals surface area contributed by atoms with Gasteiger partial charge < -0.3 is 15.1 Å². The number of halogens is 2. The maximum absolute atomic E-state index is 13.2. The predicted octanol–water partition coefficient (Wildman–Crippen LogP) is 4.06. The quantitative estimate of drug-likeness (QED) is 0.808. The molecule has 1 aliphatic rings. The Labute approximate surface area is 160 Å². The molecule has 1 amide bonds. The zero-order valence-corrected chi connectivity index (χ0v) is 15.2. The van der Waals surface area contributed by atoms with Gasteiger partial charge in [-0.2, -0.15) is 0 Å². The van der Waals surface area contributed by atoms with Gasteiger partial charge in [-0.15, -0.1) is 0 Å².